The molecule has 2 rings (SSSR count). The Bertz CT molecular complexity index is 415. The van der Waals surface area contributed by atoms with Gasteiger partial charge in [0.25, 0.3) is 0 Å². The molecular formula is C16H22F2. The molecule has 0 spiro atoms. The molecule has 0 atom stereocenters. The Balaban J connectivity index is 2.15. The number of rotatable bonds is 2. The van der Waals surface area contributed by atoms with E-state index in [1.54, 1.807) is 6.07 Å². The highest BCUT2D eigenvalue weighted by molar-refractivity contribution is 5.26. The highest BCUT2D eigenvalue weighted by Crippen LogP contribution is 2.43. The molecule has 0 amide bonds. The van der Waals surface area contributed by atoms with Crippen molar-refractivity contribution in [3.63, 3.8) is 0 Å². The molecule has 1 saturated carbocycles. The molecule has 0 saturated heterocycles. The molecule has 0 heterocycles. The van der Waals surface area contributed by atoms with Gasteiger partial charge in [0.15, 0.2) is 11.6 Å². The predicted octanol–water partition coefficient (Wildman–Crippen LogP) is 5.07. The van der Waals surface area contributed by atoms with E-state index in [0.717, 1.165) is 30.2 Å². The van der Waals surface area contributed by atoms with E-state index >= 15 is 0 Å². The van der Waals surface area contributed by atoms with Crippen molar-refractivity contribution in [1.82, 2.24) is 0 Å². The van der Waals surface area contributed by atoms with Crippen LogP contribution in [0.2, 0.25) is 0 Å². The van der Waals surface area contributed by atoms with Crippen molar-refractivity contribution >= 4 is 0 Å². The molecule has 1 fully saturated rings. The highest BCUT2D eigenvalue weighted by atomic mass is 19.2. The van der Waals surface area contributed by atoms with Crippen molar-refractivity contribution < 1.29 is 8.78 Å². The molecule has 0 unspecified atom stereocenters. The Morgan fingerprint density at radius 3 is 2.22 bits per heavy atom. The minimum atomic E-state index is -0.752. The molecular weight excluding hydrogens is 230 g/mol. The molecule has 0 aliphatic heterocycles. The normalized spacial score (nSPS) is 28.7. The smallest absolute Gasteiger partial charge is 0.159 e. The monoisotopic (exact) mass is 252 g/mol. The minimum Gasteiger partial charge on any atom is -0.204 e. The number of benzene rings is 1. The third-order valence-electron chi connectivity index (χ3n) is 4.69. The lowest BCUT2D eigenvalue weighted by molar-refractivity contribution is 0.204. The largest absolute Gasteiger partial charge is 0.204 e. The fourth-order valence-electron chi connectivity index (χ4n) is 3.10. The van der Waals surface area contributed by atoms with Gasteiger partial charge in [-0.3, -0.25) is 0 Å². The topological polar surface area (TPSA) is 0 Å². The van der Waals surface area contributed by atoms with Gasteiger partial charge in [0.05, 0.1) is 0 Å². The Labute approximate surface area is 108 Å². The first-order valence-electron chi connectivity index (χ1n) is 6.88. The first-order valence-corrected chi connectivity index (χ1v) is 6.88. The first kappa shape index (κ1) is 13.5. The van der Waals surface area contributed by atoms with Gasteiger partial charge in [-0.25, -0.2) is 8.78 Å². The fraction of sp³-hybridized carbons (Fsp3) is 0.625. The van der Waals surface area contributed by atoms with Crippen LogP contribution in [0.5, 0.6) is 0 Å². The summed E-state index contributed by atoms with van der Waals surface area (Å²) in [6, 6.07) is 4.38. The van der Waals surface area contributed by atoms with Crippen molar-refractivity contribution in [3.05, 3.63) is 35.4 Å². The summed E-state index contributed by atoms with van der Waals surface area (Å²) in [6.07, 6.45) is 4.52. The summed E-state index contributed by atoms with van der Waals surface area (Å²) in [5.74, 6) is 0.0285. The van der Waals surface area contributed by atoms with Crippen LogP contribution in [0.25, 0.3) is 0 Å². The molecule has 0 aromatic heterocycles. The number of halogens is 2. The van der Waals surface area contributed by atoms with Crippen LogP contribution in [0.1, 0.15) is 52.0 Å². The average Bonchev–Trinajstić information content (AvgIpc) is 2.33. The van der Waals surface area contributed by atoms with Crippen LogP contribution in [0.3, 0.4) is 0 Å². The van der Waals surface area contributed by atoms with Gasteiger partial charge in [-0.2, -0.15) is 0 Å². The zero-order chi connectivity index (χ0) is 13.3. The quantitative estimate of drug-likeness (QED) is 0.689. The van der Waals surface area contributed by atoms with E-state index < -0.39 is 11.6 Å². The standard InChI is InChI=1S/C16H22F2/c1-11(2)12-6-8-16(3,9-7-12)13-4-5-14(17)15(18)10-13/h4-5,10-12H,6-9H2,1-3H3. The lowest BCUT2D eigenvalue weighted by Gasteiger charge is -2.39. The van der Waals surface area contributed by atoms with E-state index in [1.807, 2.05) is 0 Å². The van der Waals surface area contributed by atoms with Gasteiger partial charge in [-0.15, -0.1) is 0 Å². The summed E-state index contributed by atoms with van der Waals surface area (Å²) in [4.78, 5) is 0. The lowest BCUT2D eigenvalue weighted by atomic mass is 9.66. The van der Waals surface area contributed by atoms with E-state index in [9.17, 15) is 8.78 Å². The van der Waals surface area contributed by atoms with Crippen LogP contribution in [-0.2, 0) is 5.41 Å². The average molecular weight is 252 g/mol. The van der Waals surface area contributed by atoms with E-state index in [1.165, 1.54) is 25.0 Å². The Morgan fingerprint density at radius 1 is 1.11 bits per heavy atom. The third-order valence-corrected chi connectivity index (χ3v) is 4.69. The van der Waals surface area contributed by atoms with Crippen molar-refractivity contribution in [2.24, 2.45) is 11.8 Å². The third kappa shape index (κ3) is 2.57. The fourth-order valence-corrected chi connectivity index (χ4v) is 3.10. The maximum Gasteiger partial charge on any atom is 0.159 e. The molecule has 100 valence electrons. The molecule has 18 heavy (non-hydrogen) atoms. The Hall–Kier alpha value is -0.920. The predicted molar refractivity (Wildman–Crippen MR) is 70.5 cm³/mol. The summed E-state index contributed by atoms with van der Waals surface area (Å²) in [5.41, 5.74) is 0.962. The van der Waals surface area contributed by atoms with E-state index in [-0.39, 0.29) is 5.41 Å². The maximum atomic E-state index is 13.3. The lowest BCUT2D eigenvalue weighted by Crippen LogP contribution is -2.30. The molecule has 2 heteroatoms. The van der Waals surface area contributed by atoms with Crippen molar-refractivity contribution in [3.8, 4) is 0 Å². The van der Waals surface area contributed by atoms with E-state index in [2.05, 4.69) is 20.8 Å². The van der Waals surface area contributed by atoms with Gasteiger partial charge in [0.2, 0.25) is 0 Å². The SMILES string of the molecule is CC(C)C1CCC(C)(c2ccc(F)c(F)c2)CC1. The molecule has 0 radical (unpaired) electrons. The van der Waals surface area contributed by atoms with Gasteiger partial charge in [0.1, 0.15) is 0 Å². The molecule has 1 aromatic rings. The van der Waals surface area contributed by atoms with Crippen LogP contribution in [0, 0.1) is 23.5 Å². The summed E-state index contributed by atoms with van der Waals surface area (Å²) < 4.78 is 26.3. The van der Waals surface area contributed by atoms with Crippen molar-refractivity contribution in [2.45, 2.75) is 51.9 Å². The summed E-state index contributed by atoms with van der Waals surface area (Å²) in [7, 11) is 0. The second kappa shape index (κ2) is 4.99. The van der Waals surface area contributed by atoms with Gasteiger partial charge in [-0.1, -0.05) is 26.8 Å². The Morgan fingerprint density at radius 2 is 1.72 bits per heavy atom. The van der Waals surface area contributed by atoms with Crippen LogP contribution in [0.15, 0.2) is 18.2 Å². The second-order valence-electron chi connectivity index (χ2n) is 6.27. The van der Waals surface area contributed by atoms with Crippen LogP contribution in [-0.4, -0.2) is 0 Å². The number of hydrogen-bond donors (Lipinski definition) is 0. The van der Waals surface area contributed by atoms with Crippen LogP contribution >= 0.6 is 0 Å². The molecule has 0 bridgehead atoms. The van der Waals surface area contributed by atoms with E-state index in [4.69, 9.17) is 0 Å². The highest BCUT2D eigenvalue weighted by Gasteiger charge is 2.33. The zero-order valence-corrected chi connectivity index (χ0v) is 11.5. The van der Waals surface area contributed by atoms with Gasteiger partial charge >= 0.3 is 0 Å². The minimum absolute atomic E-state index is 0.0138. The van der Waals surface area contributed by atoms with Gasteiger partial charge in [-0.05, 0) is 60.6 Å². The molecule has 1 aromatic carbocycles. The maximum absolute atomic E-state index is 13.3. The number of hydrogen-bond acceptors (Lipinski definition) is 0. The van der Waals surface area contributed by atoms with E-state index in [0.29, 0.717) is 0 Å². The first-order chi connectivity index (χ1) is 8.42. The van der Waals surface area contributed by atoms with Gasteiger partial charge in [0, 0.05) is 0 Å². The van der Waals surface area contributed by atoms with Crippen LogP contribution in [0.4, 0.5) is 8.78 Å². The molecule has 0 nitrogen and oxygen atoms in total. The van der Waals surface area contributed by atoms with Crippen molar-refractivity contribution in [2.75, 3.05) is 0 Å². The molecule has 1 aliphatic rings. The summed E-state index contributed by atoms with van der Waals surface area (Å²) in [6.45, 7) is 6.71. The van der Waals surface area contributed by atoms with Gasteiger partial charge < -0.3 is 0 Å². The molecule has 0 N–H and O–H groups in total. The molecule has 1 aliphatic carbocycles. The zero-order valence-electron chi connectivity index (χ0n) is 11.5. The summed E-state index contributed by atoms with van der Waals surface area (Å²) in [5, 5.41) is 0. The Kier molecular flexibility index (Phi) is 3.74. The van der Waals surface area contributed by atoms with Crippen molar-refractivity contribution in [1.29, 1.82) is 0 Å². The summed E-state index contributed by atoms with van der Waals surface area (Å²) >= 11 is 0. The van der Waals surface area contributed by atoms with Crippen LogP contribution < -0.4 is 0 Å². The second-order valence-corrected chi connectivity index (χ2v) is 6.27.